The van der Waals surface area contributed by atoms with Crippen LogP contribution in [0.15, 0.2) is 0 Å². The molecule has 0 aromatic rings. The summed E-state index contributed by atoms with van der Waals surface area (Å²) in [5, 5.41) is 0. The molecule has 0 N–H and O–H groups in total. The van der Waals surface area contributed by atoms with Crippen LogP contribution in [0.4, 0.5) is 65.9 Å². The predicted octanol–water partition coefficient (Wildman–Crippen LogP) is 5.15. The maximum atomic E-state index is 12.8. The van der Waals surface area contributed by atoms with Gasteiger partial charge in [0.2, 0.25) is 0 Å². The normalized spacial score (nSPS) is 16.4. The Labute approximate surface area is 109 Å². The first-order valence-electron chi connectivity index (χ1n) is 4.33. The van der Waals surface area contributed by atoms with Gasteiger partial charge < -0.3 is 0 Å². The summed E-state index contributed by atoms with van der Waals surface area (Å²) < 4.78 is 181. The van der Waals surface area contributed by atoms with Crippen LogP contribution in [-0.2, 0) is 0 Å². The van der Waals surface area contributed by atoms with Crippen molar-refractivity contribution in [1.82, 2.24) is 0 Å². The number of hydrogen-bond donors (Lipinski definition) is 0. The van der Waals surface area contributed by atoms with Crippen LogP contribution in [-0.4, -0.2) is 36.0 Å². The van der Waals surface area contributed by atoms with Crippen LogP contribution in [0.5, 0.6) is 0 Å². The smallest absolute Gasteiger partial charge is 0.222 e. The molecule has 0 heterocycles. The molecular formula is C7F15. The summed E-state index contributed by atoms with van der Waals surface area (Å²) in [5.74, 6) is -16.0. The molecular weight excluding hydrogens is 369 g/mol. The van der Waals surface area contributed by atoms with Crippen LogP contribution in [0.2, 0.25) is 0 Å². The van der Waals surface area contributed by atoms with Crippen LogP contribution in [0.25, 0.3) is 0 Å². The standard InChI is InChI=1S/C7F15/c8-1(3(11,12)13)2(9,10)5(15,16)4(14,6(17,18)19)7(20,21)22. The highest BCUT2D eigenvalue weighted by atomic mass is 19.4. The molecule has 0 aliphatic heterocycles. The van der Waals surface area contributed by atoms with Gasteiger partial charge in [0.1, 0.15) is 0 Å². The molecule has 0 fully saturated rings. The Hall–Kier alpha value is -1.05. The lowest BCUT2D eigenvalue weighted by atomic mass is 9.88. The highest BCUT2D eigenvalue weighted by Gasteiger charge is 2.92. The third kappa shape index (κ3) is 2.77. The molecule has 0 aromatic heterocycles. The Bertz CT molecular complexity index is 380. The van der Waals surface area contributed by atoms with E-state index in [4.69, 9.17) is 0 Å². The van der Waals surface area contributed by atoms with Crippen LogP contribution < -0.4 is 0 Å². The first-order chi connectivity index (χ1) is 9.15. The minimum Gasteiger partial charge on any atom is -0.222 e. The van der Waals surface area contributed by atoms with E-state index in [1.54, 1.807) is 0 Å². The summed E-state index contributed by atoms with van der Waals surface area (Å²) in [6.45, 7) is 0. The van der Waals surface area contributed by atoms with Crippen LogP contribution >= 0.6 is 0 Å². The third-order valence-corrected chi connectivity index (χ3v) is 2.13. The summed E-state index contributed by atoms with van der Waals surface area (Å²) in [6, 6.07) is 0. The van der Waals surface area contributed by atoms with E-state index >= 15 is 0 Å². The van der Waals surface area contributed by atoms with Gasteiger partial charge in [0.25, 0.3) is 0 Å². The number of alkyl halides is 14. The minimum atomic E-state index is -8.18. The zero-order valence-corrected chi connectivity index (χ0v) is 9.17. The van der Waals surface area contributed by atoms with Gasteiger partial charge in [-0.05, 0) is 0 Å². The van der Waals surface area contributed by atoms with Crippen molar-refractivity contribution in [3.05, 3.63) is 6.17 Å². The maximum Gasteiger partial charge on any atom is 0.438 e. The molecule has 0 unspecified atom stereocenters. The van der Waals surface area contributed by atoms with Crippen molar-refractivity contribution in [3.8, 4) is 0 Å². The molecule has 0 aliphatic carbocycles. The Morgan fingerprint density at radius 3 is 0.955 bits per heavy atom. The van der Waals surface area contributed by atoms with Crippen molar-refractivity contribution < 1.29 is 65.9 Å². The maximum absolute atomic E-state index is 12.8. The largest absolute Gasteiger partial charge is 0.438 e. The summed E-state index contributed by atoms with van der Waals surface area (Å²) in [5.41, 5.74) is -8.14. The summed E-state index contributed by atoms with van der Waals surface area (Å²) in [6.07, 6.45) is -27.9. The quantitative estimate of drug-likeness (QED) is 0.604. The molecule has 0 aliphatic rings. The molecule has 0 bridgehead atoms. The van der Waals surface area contributed by atoms with E-state index in [0.29, 0.717) is 0 Å². The zero-order valence-electron chi connectivity index (χ0n) is 9.17. The van der Waals surface area contributed by atoms with Crippen LogP contribution in [0.3, 0.4) is 0 Å². The van der Waals surface area contributed by atoms with E-state index in [2.05, 4.69) is 0 Å². The Morgan fingerprint density at radius 1 is 0.500 bits per heavy atom. The van der Waals surface area contributed by atoms with Crippen molar-refractivity contribution in [3.63, 3.8) is 0 Å². The van der Waals surface area contributed by atoms with Gasteiger partial charge in [0.05, 0.1) is 0 Å². The lowest BCUT2D eigenvalue weighted by Gasteiger charge is -2.40. The summed E-state index contributed by atoms with van der Waals surface area (Å²) in [4.78, 5) is 0. The van der Waals surface area contributed by atoms with Gasteiger partial charge in [-0.15, -0.1) is 0 Å². The molecule has 0 atom stereocenters. The topological polar surface area (TPSA) is 0 Å². The van der Waals surface area contributed by atoms with E-state index in [9.17, 15) is 65.9 Å². The second-order valence-corrected chi connectivity index (χ2v) is 3.61. The second kappa shape index (κ2) is 4.97. The average molecular weight is 369 g/mol. The van der Waals surface area contributed by atoms with Gasteiger partial charge in [-0.25, -0.2) is 8.78 Å². The van der Waals surface area contributed by atoms with Gasteiger partial charge in [-0.3, -0.25) is 0 Å². The molecule has 1 radical (unpaired) electrons. The first kappa shape index (κ1) is 20.9. The second-order valence-electron chi connectivity index (χ2n) is 3.61. The lowest BCUT2D eigenvalue weighted by Crippen LogP contribution is -2.71. The molecule has 0 saturated carbocycles. The molecule has 0 aromatic carbocycles. The molecule has 0 saturated heterocycles. The van der Waals surface area contributed by atoms with Crippen LogP contribution in [0, 0.1) is 6.17 Å². The first-order valence-corrected chi connectivity index (χ1v) is 4.33. The van der Waals surface area contributed by atoms with Gasteiger partial charge in [0.15, 0.2) is 0 Å². The van der Waals surface area contributed by atoms with Crippen molar-refractivity contribution in [2.24, 2.45) is 0 Å². The van der Waals surface area contributed by atoms with Crippen LogP contribution in [0.1, 0.15) is 0 Å². The summed E-state index contributed by atoms with van der Waals surface area (Å²) in [7, 11) is 0. The van der Waals surface area contributed by atoms with Crippen molar-refractivity contribution >= 4 is 0 Å². The molecule has 0 rings (SSSR count). The van der Waals surface area contributed by atoms with E-state index in [0.717, 1.165) is 0 Å². The molecule has 22 heavy (non-hydrogen) atoms. The van der Waals surface area contributed by atoms with E-state index in [1.807, 2.05) is 0 Å². The number of halogens is 15. The van der Waals surface area contributed by atoms with E-state index in [-0.39, 0.29) is 0 Å². The molecule has 15 heteroatoms. The number of hydrogen-bond acceptors (Lipinski definition) is 0. The van der Waals surface area contributed by atoms with Gasteiger partial charge in [0, 0.05) is 0 Å². The Balaban J connectivity index is 6.39. The highest BCUT2D eigenvalue weighted by molar-refractivity contribution is 5.18. The molecule has 0 nitrogen and oxygen atoms in total. The van der Waals surface area contributed by atoms with Crippen molar-refractivity contribution in [2.45, 2.75) is 36.0 Å². The fraction of sp³-hybridized carbons (Fsp3) is 0.857. The lowest BCUT2D eigenvalue weighted by molar-refractivity contribution is -0.430. The monoisotopic (exact) mass is 369 g/mol. The summed E-state index contributed by atoms with van der Waals surface area (Å²) >= 11 is 0. The fourth-order valence-electron chi connectivity index (χ4n) is 1.05. The van der Waals surface area contributed by atoms with Crippen molar-refractivity contribution in [1.29, 1.82) is 0 Å². The Morgan fingerprint density at radius 2 is 0.773 bits per heavy atom. The van der Waals surface area contributed by atoms with E-state index in [1.165, 1.54) is 0 Å². The average Bonchev–Trinajstić information content (AvgIpc) is 2.21. The minimum absolute atomic E-state index is 5.22. The Kier molecular flexibility index (Phi) is 4.74. The van der Waals surface area contributed by atoms with Crippen molar-refractivity contribution in [2.75, 3.05) is 0 Å². The highest BCUT2D eigenvalue weighted by Crippen LogP contribution is 2.62. The van der Waals surface area contributed by atoms with Gasteiger partial charge in [-0.2, -0.15) is 57.1 Å². The SMILES string of the molecule is F[C](C(F)(F)F)C(F)(F)C(F)(F)C(F)(C(F)(F)F)C(F)(F)F. The molecule has 133 valence electrons. The van der Waals surface area contributed by atoms with Gasteiger partial charge >= 0.3 is 42.2 Å². The third-order valence-electron chi connectivity index (χ3n) is 2.13. The zero-order chi connectivity index (χ0) is 18.6. The fourth-order valence-corrected chi connectivity index (χ4v) is 1.05. The van der Waals surface area contributed by atoms with E-state index < -0.39 is 42.2 Å². The van der Waals surface area contributed by atoms with Gasteiger partial charge in [-0.1, -0.05) is 0 Å². The predicted molar refractivity (Wildman–Crippen MR) is 36.2 cm³/mol. The molecule has 0 spiro atoms. The molecule has 0 amide bonds. The number of rotatable bonds is 3.